The van der Waals surface area contributed by atoms with E-state index in [0.29, 0.717) is 11.5 Å². The van der Waals surface area contributed by atoms with E-state index in [9.17, 15) is 4.79 Å². The summed E-state index contributed by atoms with van der Waals surface area (Å²) in [6.07, 6.45) is 2.98. The average Bonchev–Trinajstić information content (AvgIpc) is 2.53. The SMILES string of the molecule is CNC(=O)CC[C@H](Cc1ccc(CCSC(=N)N)cc1)SC(C)=N. The highest BCUT2D eigenvalue weighted by molar-refractivity contribution is 8.14. The van der Waals surface area contributed by atoms with Gasteiger partial charge in [-0.15, -0.1) is 11.8 Å². The number of hydrogen-bond acceptors (Lipinski definition) is 5. The van der Waals surface area contributed by atoms with Crippen molar-refractivity contribution in [1.82, 2.24) is 5.32 Å². The summed E-state index contributed by atoms with van der Waals surface area (Å²) in [6, 6.07) is 8.43. The summed E-state index contributed by atoms with van der Waals surface area (Å²) < 4.78 is 0. The zero-order valence-corrected chi connectivity index (χ0v) is 15.9. The van der Waals surface area contributed by atoms with Gasteiger partial charge in [0.1, 0.15) is 0 Å². The van der Waals surface area contributed by atoms with Gasteiger partial charge in [0.2, 0.25) is 5.91 Å². The van der Waals surface area contributed by atoms with E-state index in [4.69, 9.17) is 16.6 Å². The number of thioether (sulfide) groups is 2. The van der Waals surface area contributed by atoms with E-state index in [-0.39, 0.29) is 16.3 Å². The van der Waals surface area contributed by atoms with Gasteiger partial charge in [-0.2, -0.15) is 0 Å². The number of amides is 1. The molecule has 1 amide bonds. The Balaban J connectivity index is 2.56. The van der Waals surface area contributed by atoms with Crippen LogP contribution < -0.4 is 11.1 Å². The third-order valence-corrected chi connectivity index (χ3v) is 5.26. The zero-order chi connectivity index (χ0) is 17.9. The Morgan fingerprint density at radius 1 is 1.25 bits per heavy atom. The third-order valence-electron chi connectivity index (χ3n) is 3.45. The first kappa shape index (κ1) is 20.6. The van der Waals surface area contributed by atoms with Crippen LogP contribution in [-0.2, 0) is 17.6 Å². The molecule has 0 heterocycles. The van der Waals surface area contributed by atoms with Gasteiger partial charge < -0.3 is 11.1 Å². The van der Waals surface area contributed by atoms with E-state index >= 15 is 0 Å². The predicted molar refractivity (Wildman–Crippen MR) is 106 cm³/mol. The van der Waals surface area contributed by atoms with Crippen LogP contribution in [0.2, 0.25) is 0 Å². The number of aryl methyl sites for hydroxylation is 1. The fourth-order valence-corrected chi connectivity index (χ4v) is 3.82. The molecule has 1 aromatic carbocycles. The quantitative estimate of drug-likeness (QED) is 0.398. The first-order valence-electron chi connectivity index (χ1n) is 7.87. The highest BCUT2D eigenvalue weighted by Crippen LogP contribution is 2.22. The van der Waals surface area contributed by atoms with E-state index in [2.05, 4.69) is 29.6 Å². The molecule has 0 saturated heterocycles. The van der Waals surface area contributed by atoms with Crippen LogP contribution in [0, 0.1) is 10.8 Å². The summed E-state index contributed by atoms with van der Waals surface area (Å²) in [5.41, 5.74) is 7.78. The van der Waals surface area contributed by atoms with Crippen molar-refractivity contribution in [2.45, 2.75) is 37.9 Å². The standard InChI is InChI=1S/C17H26N4OS2/c1-12(18)24-15(7-8-16(22)21-2)11-14-5-3-13(4-6-14)9-10-23-17(19)20/h3-6,15,18H,7-11H2,1-2H3,(H3,19,20)(H,21,22)/t15-/m1/s1. The minimum atomic E-state index is 0.0431. The zero-order valence-electron chi connectivity index (χ0n) is 14.2. The molecule has 0 aliphatic rings. The molecule has 0 fully saturated rings. The number of nitrogens with one attached hydrogen (secondary N) is 3. The molecule has 5 nitrogen and oxygen atoms in total. The van der Waals surface area contributed by atoms with E-state index < -0.39 is 0 Å². The van der Waals surface area contributed by atoms with Crippen molar-refractivity contribution in [1.29, 1.82) is 10.8 Å². The van der Waals surface area contributed by atoms with E-state index in [1.807, 2.05) is 0 Å². The number of benzene rings is 1. The number of hydrogen-bond donors (Lipinski definition) is 4. The van der Waals surface area contributed by atoms with Crippen molar-refractivity contribution < 1.29 is 4.79 Å². The Bertz CT molecular complexity index is 560. The van der Waals surface area contributed by atoms with Crippen molar-refractivity contribution in [3.63, 3.8) is 0 Å². The van der Waals surface area contributed by atoms with E-state index in [1.165, 1.54) is 34.7 Å². The molecule has 0 bridgehead atoms. The topological polar surface area (TPSA) is 103 Å². The van der Waals surface area contributed by atoms with Crippen LogP contribution in [-0.4, -0.2) is 34.2 Å². The molecule has 24 heavy (non-hydrogen) atoms. The average molecular weight is 367 g/mol. The van der Waals surface area contributed by atoms with Crippen LogP contribution in [0.1, 0.15) is 30.9 Å². The van der Waals surface area contributed by atoms with Crippen LogP contribution in [0.4, 0.5) is 0 Å². The molecular formula is C17H26N4OS2. The molecule has 5 N–H and O–H groups in total. The maximum atomic E-state index is 11.4. The number of rotatable bonds is 9. The first-order chi connectivity index (χ1) is 11.4. The molecular weight excluding hydrogens is 340 g/mol. The van der Waals surface area contributed by atoms with Crippen molar-refractivity contribution in [3.8, 4) is 0 Å². The number of carbonyl (C=O) groups is 1. The van der Waals surface area contributed by atoms with Gasteiger partial charge in [0, 0.05) is 24.5 Å². The van der Waals surface area contributed by atoms with Crippen LogP contribution in [0.15, 0.2) is 24.3 Å². The second kappa shape index (κ2) is 11.1. The fraction of sp³-hybridized carbons (Fsp3) is 0.471. The lowest BCUT2D eigenvalue weighted by Gasteiger charge is -2.16. The molecule has 0 aromatic heterocycles. The maximum absolute atomic E-state index is 11.4. The molecule has 132 valence electrons. The highest BCUT2D eigenvalue weighted by atomic mass is 32.2. The second-order valence-electron chi connectivity index (χ2n) is 5.49. The summed E-state index contributed by atoms with van der Waals surface area (Å²) >= 11 is 2.89. The lowest BCUT2D eigenvalue weighted by molar-refractivity contribution is -0.120. The number of nitrogens with two attached hydrogens (primary N) is 1. The fourth-order valence-electron chi connectivity index (χ4n) is 2.25. The molecule has 1 rings (SSSR count). The van der Waals surface area contributed by atoms with E-state index in [1.54, 1.807) is 14.0 Å². The molecule has 0 aliphatic heterocycles. The van der Waals surface area contributed by atoms with Gasteiger partial charge in [0.05, 0.1) is 5.04 Å². The minimum Gasteiger partial charge on any atom is -0.379 e. The first-order valence-corrected chi connectivity index (χ1v) is 9.74. The molecule has 1 atom stereocenters. The predicted octanol–water partition coefficient (Wildman–Crippen LogP) is 3.02. The number of carbonyl (C=O) groups excluding carboxylic acids is 1. The summed E-state index contributed by atoms with van der Waals surface area (Å²) in [5.74, 6) is 0.855. The Hall–Kier alpha value is -1.47. The Labute approximate surface area is 152 Å². The smallest absolute Gasteiger partial charge is 0.219 e. The van der Waals surface area contributed by atoms with Crippen molar-refractivity contribution in [2.24, 2.45) is 5.73 Å². The third kappa shape index (κ3) is 8.98. The van der Waals surface area contributed by atoms with Crippen LogP contribution in [0.3, 0.4) is 0 Å². The largest absolute Gasteiger partial charge is 0.379 e. The lowest BCUT2D eigenvalue weighted by atomic mass is 10.0. The van der Waals surface area contributed by atoms with E-state index in [0.717, 1.165) is 25.0 Å². The van der Waals surface area contributed by atoms with Gasteiger partial charge in [-0.1, -0.05) is 36.0 Å². The van der Waals surface area contributed by atoms with Crippen molar-refractivity contribution in [3.05, 3.63) is 35.4 Å². The van der Waals surface area contributed by atoms with Crippen LogP contribution in [0.5, 0.6) is 0 Å². The molecule has 0 aliphatic carbocycles. The van der Waals surface area contributed by atoms with Gasteiger partial charge in [0.25, 0.3) is 0 Å². The summed E-state index contributed by atoms with van der Waals surface area (Å²) in [7, 11) is 1.65. The molecule has 0 radical (unpaired) electrons. The lowest BCUT2D eigenvalue weighted by Crippen LogP contribution is -2.20. The number of amidine groups is 1. The summed E-state index contributed by atoms with van der Waals surface area (Å²) in [6.45, 7) is 1.79. The maximum Gasteiger partial charge on any atom is 0.219 e. The summed E-state index contributed by atoms with van der Waals surface area (Å²) in [4.78, 5) is 11.4. The second-order valence-corrected chi connectivity index (χ2v) is 8.14. The molecule has 7 heteroatoms. The Morgan fingerprint density at radius 3 is 2.42 bits per heavy atom. The molecule has 0 unspecified atom stereocenters. The Morgan fingerprint density at radius 2 is 1.88 bits per heavy atom. The Kier molecular flexibility index (Phi) is 9.56. The molecule has 1 aromatic rings. The monoisotopic (exact) mass is 366 g/mol. The normalized spacial score (nSPS) is 11.8. The van der Waals surface area contributed by atoms with Gasteiger partial charge in [-0.05, 0) is 37.3 Å². The molecule has 0 spiro atoms. The van der Waals surface area contributed by atoms with Crippen molar-refractivity contribution >= 4 is 39.6 Å². The van der Waals surface area contributed by atoms with Gasteiger partial charge >= 0.3 is 0 Å². The van der Waals surface area contributed by atoms with Gasteiger partial charge in [0.15, 0.2) is 5.17 Å². The van der Waals surface area contributed by atoms with Crippen LogP contribution in [0.25, 0.3) is 0 Å². The van der Waals surface area contributed by atoms with Crippen molar-refractivity contribution in [2.75, 3.05) is 12.8 Å². The highest BCUT2D eigenvalue weighted by Gasteiger charge is 2.13. The molecule has 0 saturated carbocycles. The van der Waals surface area contributed by atoms with Gasteiger partial charge in [-0.25, -0.2) is 0 Å². The summed E-state index contributed by atoms with van der Waals surface area (Å²) in [5, 5.41) is 18.5. The van der Waals surface area contributed by atoms with Gasteiger partial charge in [-0.3, -0.25) is 15.6 Å². The van der Waals surface area contributed by atoms with Crippen LogP contribution >= 0.6 is 23.5 Å². The minimum absolute atomic E-state index is 0.0431.